The monoisotopic (exact) mass is 331 g/mol. The molecular formula is C14H14BrN5. The number of rotatable bonds is 4. The molecule has 0 aliphatic heterocycles. The molecule has 2 aromatic carbocycles. The first kappa shape index (κ1) is 14.2. The predicted octanol–water partition coefficient (Wildman–Crippen LogP) is 3.71. The van der Waals surface area contributed by atoms with Gasteiger partial charge in [-0.1, -0.05) is 45.4 Å². The summed E-state index contributed by atoms with van der Waals surface area (Å²) in [6.07, 6.45) is 0. The largest absolute Gasteiger partial charge is 0.381 e. The van der Waals surface area contributed by atoms with E-state index in [1.54, 1.807) is 6.07 Å². The molecule has 0 amide bonds. The Kier molecular flexibility index (Phi) is 4.84. The van der Waals surface area contributed by atoms with Crippen molar-refractivity contribution in [3.63, 3.8) is 0 Å². The van der Waals surface area contributed by atoms with E-state index in [0.29, 0.717) is 12.1 Å². The Morgan fingerprint density at radius 1 is 1.20 bits per heavy atom. The molecule has 0 spiro atoms. The summed E-state index contributed by atoms with van der Waals surface area (Å²) in [5, 5.41) is 17.6. The summed E-state index contributed by atoms with van der Waals surface area (Å²) in [5.74, 6) is 4.99. The number of nitrogens with one attached hydrogen (secondary N) is 2. The number of anilines is 1. The normalized spacial score (nSPS) is 10.7. The van der Waals surface area contributed by atoms with Crippen molar-refractivity contribution >= 4 is 27.5 Å². The first-order chi connectivity index (χ1) is 9.69. The topological polar surface area (TPSA) is 86.6 Å². The minimum Gasteiger partial charge on any atom is -0.381 e. The molecule has 0 heterocycles. The maximum Gasteiger partial charge on any atom is 0.176 e. The van der Waals surface area contributed by atoms with Crippen molar-refractivity contribution in [3.05, 3.63) is 64.1 Å². The highest BCUT2D eigenvalue weighted by molar-refractivity contribution is 9.10. The first-order valence-corrected chi connectivity index (χ1v) is 6.76. The summed E-state index contributed by atoms with van der Waals surface area (Å²) in [7, 11) is 0. The van der Waals surface area contributed by atoms with Gasteiger partial charge in [-0.05, 0) is 29.8 Å². The van der Waals surface area contributed by atoms with Crippen LogP contribution in [0.3, 0.4) is 0 Å². The molecule has 5 nitrogen and oxygen atoms in total. The van der Waals surface area contributed by atoms with Gasteiger partial charge in [0.25, 0.3) is 0 Å². The lowest BCUT2D eigenvalue weighted by Gasteiger charge is -2.08. The van der Waals surface area contributed by atoms with Crippen molar-refractivity contribution in [2.75, 3.05) is 5.32 Å². The van der Waals surface area contributed by atoms with Crippen molar-refractivity contribution in [2.45, 2.75) is 6.54 Å². The molecule has 4 N–H and O–H groups in total. The van der Waals surface area contributed by atoms with Gasteiger partial charge in [-0.15, -0.1) is 5.11 Å². The Morgan fingerprint density at radius 3 is 2.65 bits per heavy atom. The van der Waals surface area contributed by atoms with Crippen LogP contribution < -0.4 is 11.2 Å². The van der Waals surface area contributed by atoms with E-state index in [-0.39, 0.29) is 5.84 Å². The Bertz CT molecular complexity index is 622. The van der Waals surface area contributed by atoms with Crippen molar-refractivity contribution in [1.29, 1.82) is 5.41 Å². The quantitative estimate of drug-likeness (QED) is 0.262. The molecule has 0 atom stereocenters. The zero-order valence-electron chi connectivity index (χ0n) is 10.7. The lowest BCUT2D eigenvalue weighted by Crippen LogP contribution is -2.01. The van der Waals surface area contributed by atoms with Crippen molar-refractivity contribution in [3.8, 4) is 0 Å². The Labute approximate surface area is 125 Å². The first-order valence-electron chi connectivity index (χ1n) is 5.97. The molecule has 102 valence electrons. The van der Waals surface area contributed by atoms with Crippen LogP contribution in [-0.2, 0) is 6.54 Å². The van der Waals surface area contributed by atoms with Gasteiger partial charge in [-0.25, -0.2) is 0 Å². The zero-order valence-corrected chi connectivity index (χ0v) is 12.3. The van der Waals surface area contributed by atoms with E-state index in [2.05, 4.69) is 31.6 Å². The number of benzene rings is 2. The van der Waals surface area contributed by atoms with Gasteiger partial charge in [0.15, 0.2) is 5.84 Å². The summed E-state index contributed by atoms with van der Waals surface area (Å²) >= 11 is 3.41. The third-order valence-corrected chi connectivity index (χ3v) is 3.23. The fraction of sp³-hybridized carbons (Fsp3) is 0.0714. The Morgan fingerprint density at radius 2 is 1.95 bits per heavy atom. The van der Waals surface area contributed by atoms with E-state index in [9.17, 15) is 0 Å². The average molecular weight is 332 g/mol. The van der Waals surface area contributed by atoms with E-state index in [4.69, 9.17) is 11.3 Å². The van der Waals surface area contributed by atoms with E-state index in [1.165, 1.54) is 5.56 Å². The van der Waals surface area contributed by atoms with Crippen LogP contribution in [0.25, 0.3) is 0 Å². The number of hydrogen-bond acceptors (Lipinski definition) is 3. The van der Waals surface area contributed by atoms with Crippen molar-refractivity contribution in [1.82, 2.24) is 0 Å². The van der Waals surface area contributed by atoms with Crippen LogP contribution in [0.1, 0.15) is 11.1 Å². The van der Waals surface area contributed by atoms with E-state index in [0.717, 1.165) is 10.2 Å². The fourth-order valence-corrected chi connectivity index (χ4v) is 1.96. The second-order valence-electron chi connectivity index (χ2n) is 4.12. The van der Waals surface area contributed by atoms with Crippen LogP contribution in [0.2, 0.25) is 0 Å². The fourth-order valence-electron chi connectivity index (χ4n) is 1.70. The highest BCUT2D eigenvalue weighted by atomic mass is 79.9. The van der Waals surface area contributed by atoms with Crippen LogP contribution in [0, 0.1) is 5.41 Å². The maximum atomic E-state index is 7.67. The van der Waals surface area contributed by atoms with Gasteiger partial charge in [-0.3, -0.25) is 5.41 Å². The van der Waals surface area contributed by atoms with Gasteiger partial charge in [0.05, 0.1) is 0 Å². The smallest absolute Gasteiger partial charge is 0.176 e. The number of amidine groups is 1. The molecule has 0 aliphatic rings. The van der Waals surface area contributed by atoms with Crippen molar-refractivity contribution in [2.24, 2.45) is 16.2 Å². The van der Waals surface area contributed by atoms with Gasteiger partial charge in [0.2, 0.25) is 0 Å². The molecule has 2 rings (SSSR count). The van der Waals surface area contributed by atoms with E-state index < -0.39 is 0 Å². The maximum absolute atomic E-state index is 7.67. The van der Waals surface area contributed by atoms with Gasteiger partial charge in [0, 0.05) is 22.3 Å². The minimum absolute atomic E-state index is 0.0415. The molecule has 0 saturated carbocycles. The molecule has 0 unspecified atom stereocenters. The molecule has 0 radical (unpaired) electrons. The number of hydrogen-bond donors (Lipinski definition) is 3. The zero-order chi connectivity index (χ0) is 14.4. The molecule has 0 aromatic heterocycles. The second-order valence-corrected chi connectivity index (χ2v) is 5.04. The van der Waals surface area contributed by atoms with Crippen LogP contribution in [0.5, 0.6) is 0 Å². The summed E-state index contributed by atoms with van der Waals surface area (Å²) in [6.45, 7) is 0.711. The molecular weight excluding hydrogens is 318 g/mol. The molecule has 0 saturated heterocycles. The average Bonchev–Trinajstić information content (AvgIpc) is 2.47. The minimum atomic E-state index is 0.0415. The summed E-state index contributed by atoms with van der Waals surface area (Å²) in [4.78, 5) is 0. The molecule has 20 heavy (non-hydrogen) atoms. The highest BCUT2D eigenvalue weighted by Gasteiger charge is 2.01. The molecule has 0 aliphatic carbocycles. The summed E-state index contributed by atoms with van der Waals surface area (Å²) < 4.78 is 1.06. The Balaban J connectivity index is 2.04. The standard InChI is InChI=1S/C14H14BrN5/c15-12-6-4-10(5-7-12)9-18-13-3-1-2-11(8-13)14(16)19-20-17/h1-8,18H,9H2,(H3,16,17,19). The van der Waals surface area contributed by atoms with Crippen LogP contribution in [0.4, 0.5) is 5.69 Å². The number of nitrogens with two attached hydrogens (primary N) is 1. The SMILES string of the molecule is N=C(N=NN)c1cccc(NCc2ccc(Br)cc2)c1. The van der Waals surface area contributed by atoms with Crippen LogP contribution in [0.15, 0.2) is 63.3 Å². The predicted molar refractivity (Wildman–Crippen MR) is 83.8 cm³/mol. The molecule has 6 heteroatoms. The number of halogens is 1. The van der Waals surface area contributed by atoms with Gasteiger partial charge in [-0.2, -0.15) is 0 Å². The van der Waals surface area contributed by atoms with Gasteiger partial charge >= 0.3 is 0 Å². The highest BCUT2D eigenvalue weighted by Crippen LogP contribution is 2.15. The van der Waals surface area contributed by atoms with Gasteiger partial charge < -0.3 is 11.2 Å². The molecule has 0 bridgehead atoms. The van der Waals surface area contributed by atoms with Gasteiger partial charge in [0.1, 0.15) is 0 Å². The lowest BCUT2D eigenvalue weighted by molar-refractivity contribution is 1.07. The lowest BCUT2D eigenvalue weighted by atomic mass is 10.1. The van der Waals surface area contributed by atoms with Crippen molar-refractivity contribution < 1.29 is 0 Å². The van der Waals surface area contributed by atoms with E-state index >= 15 is 0 Å². The van der Waals surface area contributed by atoms with E-state index in [1.807, 2.05) is 42.5 Å². The van der Waals surface area contributed by atoms with Crippen LogP contribution >= 0.6 is 15.9 Å². The summed E-state index contributed by atoms with van der Waals surface area (Å²) in [5.41, 5.74) is 2.76. The Hall–Kier alpha value is -2.21. The third-order valence-electron chi connectivity index (χ3n) is 2.70. The molecule has 0 fully saturated rings. The van der Waals surface area contributed by atoms with Crippen LogP contribution in [-0.4, -0.2) is 5.84 Å². The third kappa shape index (κ3) is 3.89. The second kappa shape index (κ2) is 6.81. The number of nitrogens with zero attached hydrogens (tertiary/aromatic N) is 2. The summed E-state index contributed by atoms with van der Waals surface area (Å²) in [6, 6.07) is 15.5. The molecule has 2 aromatic rings.